The Morgan fingerprint density at radius 1 is 0.848 bits per heavy atom. The number of para-hydroxylation sites is 1. The highest BCUT2D eigenvalue weighted by Gasteiger charge is 2.32. The van der Waals surface area contributed by atoms with Crippen LogP contribution < -0.4 is 26.4 Å². The predicted molar refractivity (Wildman–Crippen MR) is 164 cm³/mol. The molecule has 0 bridgehead atoms. The van der Waals surface area contributed by atoms with E-state index in [2.05, 4.69) is 0 Å². The molecule has 0 radical (unpaired) electrons. The topological polar surface area (TPSA) is 156 Å². The summed E-state index contributed by atoms with van der Waals surface area (Å²) in [6.07, 6.45) is -0.962. The number of methoxy groups -OCH3 is 1. The number of rotatable bonds is 6. The van der Waals surface area contributed by atoms with Crippen molar-refractivity contribution in [3.63, 3.8) is 0 Å². The predicted octanol–water partition coefficient (Wildman–Crippen LogP) is 5.37. The Bertz CT molecular complexity index is 2380. The maximum Gasteiger partial charge on any atom is 0.339 e. The Labute approximate surface area is 258 Å². The average molecular weight is 621 g/mol. The Hall–Kier alpha value is -6.10. The van der Waals surface area contributed by atoms with Crippen LogP contribution in [0.2, 0.25) is 0 Å². The molecule has 1 aliphatic heterocycles. The lowest BCUT2D eigenvalue weighted by Crippen LogP contribution is -2.22. The van der Waals surface area contributed by atoms with Gasteiger partial charge in [-0.1, -0.05) is 24.3 Å². The highest BCUT2D eigenvalue weighted by molar-refractivity contribution is 5.87. The van der Waals surface area contributed by atoms with E-state index < -0.39 is 29.1 Å². The minimum absolute atomic E-state index is 0.0196. The smallest absolute Gasteiger partial charge is 0.339 e. The molecule has 3 aromatic heterocycles. The Morgan fingerprint density at radius 3 is 2.43 bits per heavy atom. The molecule has 3 aromatic carbocycles. The van der Waals surface area contributed by atoms with E-state index in [0.717, 1.165) is 5.56 Å². The third-order valence-corrected chi connectivity index (χ3v) is 7.74. The minimum Gasteiger partial charge on any atom is -0.504 e. The van der Waals surface area contributed by atoms with Gasteiger partial charge in [-0.2, -0.15) is 0 Å². The van der Waals surface area contributed by atoms with Crippen molar-refractivity contribution in [1.29, 1.82) is 0 Å². The van der Waals surface area contributed by atoms with Gasteiger partial charge in [-0.3, -0.25) is 4.79 Å². The van der Waals surface area contributed by atoms with Gasteiger partial charge in [0.1, 0.15) is 17.1 Å². The molecule has 1 unspecified atom stereocenters. The molecule has 46 heavy (non-hydrogen) atoms. The third-order valence-electron chi connectivity index (χ3n) is 7.74. The molecule has 0 spiro atoms. The Balaban J connectivity index is 1.33. The number of phenols is 1. The molecule has 11 heteroatoms. The molecule has 1 N–H and O–H groups in total. The summed E-state index contributed by atoms with van der Waals surface area (Å²) in [6, 6.07) is 19.2. The number of hydrogen-bond acceptors (Lipinski definition) is 11. The molecule has 1 aliphatic rings. The largest absolute Gasteiger partial charge is 0.504 e. The van der Waals surface area contributed by atoms with Crippen molar-refractivity contribution in [2.24, 2.45) is 0 Å². The van der Waals surface area contributed by atoms with Crippen LogP contribution in [0.1, 0.15) is 41.0 Å². The molecule has 0 aliphatic carbocycles. The van der Waals surface area contributed by atoms with Crippen LogP contribution in [0.4, 0.5) is 0 Å². The number of benzene rings is 3. The normalized spacial score (nSPS) is 13.6. The van der Waals surface area contributed by atoms with Gasteiger partial charge in [-0.15, -0.1) is 0 Å². The zero-order chi connectivity index (χ0) is 32.1. The summed E-state index contributed by atoms with van der Waals surface area (Å²) in [5, 5.41) is 11.3. The van der Waals surface area contributed by atoms with Gasteiger partial charge in [0.25, 0.3) is 6.29 Å². The van der Waals surface area contributed by atoms with Crippen LogP contribution in [-0.4, -0.2) is 18.2 Å². The minimum atomic E-state index is -1.22. The van der Waals surface area contributed by atoms with Gasteiger partial charge in [0.2, 0.25) is 0 Å². The first kappa shape index (κ1) is 28.7. The van der Waals surface area contributed by atoms with E-state index in [0.29, 0.717) is 50.1 Å². The number of fused-ring (bicyclic) bond motifs is 5. The van der Waals surface area contributed by atoms with E-state index in [-0.39, 0.29) is 35.5 Å². The van der Waals surface area contributed by atoms with Gasteiger partial charge < -0.3 is 32.6 Å². The van der Waals surface area contributed by atoms with Crippen LogP contribution >= 0.6 is 0 Å². The molecule has 0 saturated heterocycles. The van der Waals surface area contributed by atoms with Crippen molar-refractivity contribution in [3.05, 3.63) is 132 Å². The molecule has 1 atom stereocenters. The Kier molecular flexibility index (Phi) is 6.93. The number of carbonyl (C=O) groups is 1. The highest BCUT2D eigenvalue weighted by atomic mass is 16.7. The molecule has 6 aromatic rings. The van der Waals surface area contributed by atoms with Crippen molar-refractivity contribution in [2.75, 3.05) is 7.11 Å². The molecule has 11 nitrogen and oxygen atoms in total. The lowest BCUT2D eigenvalue weighted by atomic mass is 9.95. The van der Waals surface area contributed by atoms with Gasteiger partial charge in [0, 0.05) is 36.4 Å². The van der Waals surface area contributed by atoms with Crippen molar-refractivity contribution in [3.8, 4) is 28.6 Å². The quantitative estimate of drug-likeness (QED) is 0.189. The monoisotopic (exact) mass is 620 g/mol. The van der Waals surface area contributed by atoms with Crippen LogP contribution in [-0.2, 0) is 22.4 Å². The van der Waals surface area contributed by atoms with Gasteiger partial charge in [0.15, 0.2) is 17.1 Å². The SMILES string of the molecule is COc1cccc2oc(=O)cc(Cc3cc4c(oc3=O)-c3cc(Cc5cc(=O)oc6c(O)cccc56)ccc3OC4OC(C)=O)c12. The van der Waals surface area contributed by atoms with Crippen LogP contribution in [0.5, 0.6) is 17.2 Å². The van der Waals surface area contributed by atoms with E-state index in [1.54, 1.807) is 54.6 Å². The summed E-state index contributed by atoms with van der Waals surface area (Å²) in [5.41, 5.74) is 1.24. The number of phenolic OH excluding ortho intramolecular Hbond substituents is 1. The third kappa shape index (κ3) is 5.07. The molecule has 230 valence electrons. The number of aromatic hydroxyl groups is 1. The zero-order valence-electron chi connectivity index (χ0n) is 24.4. The molecule has 4 heterocycles. The molecule has 7 rings (SSSR count). The molecule has 0 amide bonds. The summed E-state index contributed by atoms with van der Waals surface area (Å²) >= 11 is 0. The average Bonchev–Trinajstić information content (AvgIpc) is 3.01. The second-order valence-electron chi connectivity index (χ2n) is 10.8. The van der Waals surface area contributed by atoms with Gasteiger partial charge in [-0.25, -0.2) is 14.4 Å². The van der Waals surface area contributed by atoms with E-state index in [1.165, 1.54) is 32.2 Å². The van der Waals surface area contributed by atoms with Crippen LogP contribution in [0, 0.1) is 0 Å². The van der Waals surface area contributed by atoms with Crippen molar-refractivity contribution in [2.45, 2.75) is 26.1 Å². The number of ether oxygens (including phenoxy) is 3. The molecule has 0 saturated carbocycles. The van der Waals surface area contributed by atoms with E-state index in [1.807, 2.05) is 0 Å². The standard InChI is InChI=1S/C35H24O11/c1-17(36)42-35-24-14-21(13-20-16-29(38)43-28-8-4-7-27(41-2)31(20)28)34(40)46-32(24)23-12-18(9-10-26(23)44-35)11-19-15-30(39)45-33-22(19)5-3-6-25(33)37/h3-10,12,14-16,35,37H,11,13H2,1-2H3. The maximum atomic E-state index is 13.5. The van der Waals surface area contributed by atoms with Crippen LogP contribution in [0.3, 0.4) is 0 Å². The lowest BCUT2D eigenvalue weighted by molar-refractivity contribution is -0.162. The summed E-state index contributed by atoms with van der Waals surface area (Å²) in [6.45, 7) is 1.24. The van der Waals surface area contributed by atoms with Gasteiger partial charge in [-0.05, 0) is 59.5 Å². The van der Waals surface area contributed by atoms with Crippen LogP contribution in [0.25, 0.3) is 33.3 Å². The summed E-state index contributed by atoms with van der Waals surface area (Å²) in [7, 11) is 1.49. The first-order valence-corrected chi connectivity index (χ1v) is 14.2. The number of hydrogen-bond donors (Lipinski definition) is 1. The van der Waals surface area contributed by atoms with Crippen molar-refractivity contribution >= 4 is 27.9 Å². The van der Waals surface area contributed by atoms with Crippen molar-refractivity contribution in [1.82, 2.24) is 0 Å². The second-order valence-corrected chi connectivity index (χ2v) is 10.8. The first-order valence-electron chi connectivity index (χ1n) is 14.2. The molecule has 0 fully saturated rings. The summed E-state index contributed by atoms with van der Waals surface area (Å²) in [4.78, 5) is 50.2. The van der Waals surface area contributed by atoms with Crippen LogP contribution in [0.15, 0.2) is 100 Å². The lowest BCUT2D eigenvalue weighted by Gasteiger charge is -2.27. The second kappa shape index (κ2) is 11.1. The van der Waals surface area contributed by atoms with E-state index in [4.69, 9.17) is 27.5 Å². The fourth-order valence-electron chi connectivity index (χ4n) is 5.80. The van der Waals surface area contributed by atoms with E-state index in [9.17, 15) is 24.3 Å². The van der Waals surface area contributed by atoms with Gasteiger partial charge >= 0.3 is 22.8 Å². The maximum absolute atomic E-state index is 13.5. The summed E-state index contributed by atoms with van der Waals surface area (Å²) < 4.78 is 33.5. The van der Waals surface area contributed by atoms with E-state index >= 15 is 0 Å². The van der Waals surface area contributed by atoms with Gasteiger partial charge in [0.05, 0.1) is 23.6 Å². The fraction of sp³-hybridized carbons (Fsp3) is 0.143. The number of esters is 1. The first-order chi connectivity index (χ1) is 22.2. The van der Waals surface area contributed by atoms with Crippen molar-refractivity contribution < 1.29 is 37.4 Å². The summed E-state index contributed by atoms with van der Waals surface area (Å²) in [5.74, 6) is 0.151. The zero-order valence-corrected chi connectivity index (χ0v) is 24.4. The highest BCUT2D eigenvalue weighted by Crippen LogP contribution is 2.44. The Morgan fingerprint density at radius 2 is 1.63 bits per heavy atom. The molecular formula is C35H24O11. The number of carbonyl (C=O) groups excluding carboxylic acids is 1. The fourth-order valence-corrected chi connectivity index (χ4v) is 5.80. The molecular weight excluding hydrogens is 596 g/mol.